The molecule has 2 amide bonds. The van der Waals surface area contributed by atoms with Gasteiger partial charge < -0.3 is 10.1 Å². The summed E-state index contributed by atoms with van der Waals surface area (Å²) in [6.07, 6.45) is 1.34. The third-order valence-electron chi connectivity index (χ3n) is 4.86. The Kier molecular flexibility index (Phi) is 7.40. The molecule has 4 rings (SSSR count). The van der Waals surface area contributed by atoms with Crippen molar-refractivity contribution in [3.63, 3.8) is 0 Å². The first-order valence-corrected chi connectivity index (χ1v) is 11.1. The molecule has 4 aromatic carbocycles. The number of carbonyl (C=O) groups excluding carboxylic acids is 3. The lowest BCUT2D eigenvalue weighted by atomic mass is 10.0. The SMILES string of the molecule is O=C(N/N=C\c1ccc(OC(=O)c2cccc3ccccc23)cc1)C(=O)Nc1cc(Cl)ccc1Cl. The summed E-state index contributed by atoms with van der Waals surface area (Å²) in [5.74, 6) is -2.07. The van der Waals surface area contributed by atoms with Gasteiger partial charge in [0.25, 0.3) is 0 Å². The molecule has 0 aliphatic rings. The van der Waals surface area contributed by atoms with Gasteiger partial charge in [0.2, 0.25) is 0 Å². The zero-order valence-corrected chi connectivity index (χ0v) is 19.5. The molecule has 0 aliphatic carbocycles. The number of halogens is 2. The molecule has 0 radical (unpaired) electrons. The highest BCUT2D eigenvalue weighted by Crippen LogP contribution is 2.25. The highest BCUT2D eigenvalue weighted by molar-refractivity contribution is 6.42. The number of ether oxygens (including phenoxy) is 1. The van der Waals surface area contributed by atoms with Crippen LogP contribution in [-0.2, 0) is 9.59 Å². The van der Waals surface area contributed by atoms with Crippen LogP contribution in [0.3, 0.4) is 0 Å². The smallest absolute Gasteiger partial charge is 0.344 e. The molecular weight excluding hydrogens is 489 g/mol. The summed E-state index contributed by atoms with van der Waals surface area (Å²) in [7, 11) is 0. The van der Waals surface area contributed by atoms with E-state index in [9.17, 15) is 14.4 Å². The standard InChI is InChI=1S/C26H17Cl2N3O4/c27-18-10-13-22(28)23(14-18)30-24(32)25(33)31-29-15-16-8-11-19(12-9-16)35-26(34)21-7-3-5-17-4-1-2-6-20(17)21/h1-15H,(H,30,32)(H,31,33)/b29-15-. The summed E-state index contributed by atoms with van der Waals surface area (Å²) in [5.41, 5.74) is 3.40. The van der Waals surface area contributed by atoms with E-state index in [0.717, 1.165) is 10.8 Å². The van der Waals surface area contributed by atoms with Crippen molar-refractivity contribution < 1.29 is 19.1 Å². The minimum atomic E-state index is -0.988. The van der Waals surface area contributed by atoms with Gasteiger partial charge in [0.1, 0.15) is 5.75 Å². The van der Waals surface area contributed by atoms with Crippen molar-refractivity contribution in [1.82, 2.24) is 5.43 Å². The highest BCUT2D eigenvalue weighted by Gasteiger charge is 2.15. The van der Waals surface area contributed by atoms with E-state index in [2.05, 4.69) is 15.8 Å². The summed E-state index contributed by atoms with van der Waals surface area (Å²) in [4.78, 5) is 36.6. The molecule has 9 heteroatoms. The Bertz CT molecular complexity index is 1450. The maximum Gasteiger partial charge on any atom is 0.344 e. The first-order chi connectivity index (χ1) is 16.9. The van der Waals surface area contributed by atoms with Crippen molar-refractivity contribution in [3.8, 4) is 5.75 Å². The van der Waals surface area contributed by atoms with E-state index in [4.69, 9.17) is 27.9 Å². The second kappa shape index (κ2) is 10.8. The molecule has 0 aromatic heterocycles. The number of rotatable bonds is 5. The van der Waals surface area contributed by atoms with Gasteiger partial charge in [0.05, 0.1) is 22.5 Å². The summed E-state index contributed by atoms with van der Waals surface area (Å²) < 4.78 is 5.49. The number of nitrogens with zero attached hydrogens (tertiary/aromatic N) is 1. The summed E-state index contributed by atoms with van der Waals surface area (Å²) in [5, 5.41) is 8.47. The van der Waals surface area contributed by atoms with Gasteiger partial charge in [-0.25, -0.2) is 10.2 Å². The second-order valence-corrected chi connectivity index (χ2v) is 8.11. The van der Waals surface area contributed by atoms with Crippen LogP contribution >= 0.6 is 23.2 Å². The van der Waals surface area contributed by atoms with Gasteiger partial charge in [-0.05, 0) is 64.9 Å². The molecule has 0 spiro atoms. The largest absolute Gasteiger partial charge is 0.423 e. The van der Waals surface area contributed by atoms with Gasteiger partial charge in [0.15, 0.2) is 0 Å². The molecular formula is C26H17Cl2N3O4. The fraction of sp³-hybridized carbons (Fsp3) is 0. The third-order valence-corrected chi connectivity index (χ3v) is 5.43. The molecule has 0 saturated carbocycles. The van der Waals surface area contributed by atoms with Crippen molar-refractivity contribution in [1.29, 1.82) is 0 Å². The van der Waals surface area contributed by atoms with Crippen LogP contribution in [0.5, 0.6) is 5.75 Å². The molecule has 0 saturated heterocycles. The minimum Gasteiger partial charge on any atom is -0.423 e. The lowest BCUT2D eigenvalue weighted by molar-refractivity contribution is -0.136. The van der Waals surface area contributed by atoms with Crippen molar-refractivity contribution in [3.05, 3.63) is 106 Å². The van der Waals surface area contributed by atoms with E-state index in [1.165, 1.54) is 18.3 Å². The molecule has 7 nitrogen and oxygen atoms in total. The average molecular weight is 506 g/mol. The van der Waals surface area contributed by atoms with Crippen LogP contribution in [-0.4, -0.2) is 24.0 Å². The number of nitrogens with one attached hydrogen (secondary N) is 2. The number of hydrogen-bond donors (Lipinski definition) is 2. The first-order valence-electron chi connectivity index (χ1n) is 10.3. The maximum atomic E-state index is 12.6. The van der Waals surface area contributed by atoms with Crippen LogP contribution in [0.25, 0.3) is 10.8 Å². The molecule has 35 heavy (non-hydrogen) atoms. The quantitative estimate of drug-likeness (QED) is 0.124. The predicted molar refractivity (Wildman–Crippen MR) is 136 cm³/mol. The van der Waals surface area contributed by atoms with Crippen molar-refractivity contribution in [2.24, 2.45) is 5.10 Å². The van der Waals surface area contributed by atoms with E-state index in [1.54, 1.807) is 42.5 Å². The predicted octanol–water partition coefficient (Wildman–Crippen LogP) is 5.45. The number of hydrogen-bond acceptors (Lipinski definition) is 5. The Morgan fingerprint density at radius 1 is 0.829 bits per heavy atom. The van der Waals surface area contributed by atoms with Crippen molar-refractivity contribution in [2.75, 3.05) is 5.32 Å². The molecule has 0 heterocycles. The van der Waals surface area contributed by atoms with Crippen LogP contribution in [0.1, 0.15) is 15.9 Å². The van der Waals surface area contributed by atoms with Crippen LogP contribution in [0.15, 0.2) is 90.0 Å². The minimum absolute atomic E-state index is 0.205. The maximum absolute atomic E-state index is 12.6. The van der Waals surface area contributed by atoms with Crippen LogP contribution in [0, 0.1) is 0 Å². The number of anilines is 1. The molecule has 0 unspecified atom stereocenters. The Hall–Kier alpha value is -4.20. The molecule has 0 bridgehead atoms. The Morgan fingerprint density at radius 3 is 2.37 bits per heavy atom. The molecule has 2 N–H and O–H groups in total. The molecule has 0 fully saturated rings. The highest BCUT2D eigenvalue weighted by atomic mass is 35.5. The zero-order chi connectivity index (χ0) is 24.8. The molecule has 4 aromatic rings. The van der Waals surface area contributed by atoms with Gasteiger partial charge in [-0.2, -0.15) is 5.10 Å². The lowest BCUT2D eigenvalue weighted by Gasteiger charge is -2.07. The number of benzene rings is 4. The van der Waals surface area contributed by atoms with E-state index >= 15 is 0 Å². The van der Waals surface area contributed by atoms with Gasteiger partial charge in [-0.1, -0.05) is 59.6 Å². The van der Waals surface area contributed by atoms with E-state index in [1.807, 2.05) is 30.3 Å². The number of esters is 1. The number of amides is 2. The second-order valence-electron chi connectivity index (χ2n) is 7.26. The van der Waals surface area contributed by atoms with Gasteiger partial charge in [-0.3, -0.25) is 9.59 Å². The van der Waals surface area contributed by atoms with E-state index in [-0.39, 0.29) is 10.7 Å². The van der Waals surface area contributed by atoms with E-state index in [0.29, 0.717) is 21.9 Å². The molecule has 0 atom stereocenters. The topological polar surface area (TPSA) is 96.9 Å². The van der Waals surface area contributed by atoms with Gasteiger partial charge in [-0.15, -0.1) is 0 Å². The summed E-state index contributed by atoms with van der Waals surface area (Å²) >= 11 is 11.8. The van der Waals surface area contributed by atoms with Gasteiger partial charge in [0, 0.05) is 5.02 Å². The average Bonchev–Trinajstić information content (AvgIpc) is 2.86. The van der Waals surface area contributed by atoms with E-state index < -0.39 is 17.8 Å². The fourth-order valence-electron chi connectivity index (χ4n) is 3.18. The number of fused-ring (bicyclic) bond motifs is 1. The van der Waals surface area contributed by atoms with Crippen LogP contribution in [0.2, 0.25) is 10.0 Å². The normalized spacial score (nSPS) is 10.8. The van der Waals surface area contributed by atoms with Crippen LogP contribution in [0.4, 0.5) is 5.69 Å². The lowest BCUT2D eigenvalue weighted by Crippen LogP contribution is -2.32. The Balaban J connectivity index is 1.33. The number of carbonyl (C=O) groups is 3. The van der Waals surface area contributed by atoms with Gasteiger partial charge >= 0.3 is 17.8 Å². The Morgan fingerprint density at radius 2 is 1.57 bits per heavy atom. The summed E-state index contributed by atoms with van der Waals surface area (Å²) in [6, 6.07) is 24.0. The molecule has 174 valence electrons. The fourth-order valence-corrected chi connectivity index (χ4v) is 3.51. The molecule has 0 aliphatic heterocycles. The van der Waals surface area contributed by atoms with Crippen molar-refractivity contribution in [2.45, 2.75) is 0 Å². The Labute approximate surface area is 210 Å². The zero-order valence-electron chi connectivity index (χ0n) is 18.0. The van der Waals surface area contributed by atoms with Crippen molar-refractivity contribution >= 4 is 63.7 Å². The third kappa shape index (κ3) is 6.03. The number of hydrazone groups is 1. The summed E-state index contributed by atoms with van der Waals surface area (Å²) in [6.45, 7) is 0. The monoisotopic (exact) mass is 505 g/mol. The van der Waals surface area contributed by atoms with Crippen LogP contribution < -0.4 is 15.5 Å². The first kappa shape index (κ1) is 23.9.